The summed E-state index contributed by atoms with van der Waals surface area (Å²) in [7, 11) is 0. The first-order valence-electron chi connectivity index (χ1n) is 20.2. The minimum absolute atomic E-state index is 0.0360. The molecule has 7 N–H and O–H groups in total. The third kappa shape index (κ3) is 5.85. The molecule has 0 aromatic heterocycles. The molecule has 0 bridgehead atoms. The van der Waals surface area contributed by atoms with Crippen molar-refractivity contribution in [1.82, 2.24) is 0 Å². The zero-order valence-electron chi connectivity index (χ0n) is 32.7. The van der Waals surface area contributed by atoms with Crippen LogP contribution in [0, 0.1) is 50.2 Å². The zero-order valence-corrected chi connectivity index (χ0v) is 32.7. The minimum atomic E-state index is -1.62. The van der Waals surface area contributed by atoms with Crippen LogP contribution >= 0.6 is 0 Å². The van der Waals surface area contributed by atoms with Gasteiger partial charge in [0.2, 0.25) is 0 Å². The highest BCUT2D eigenvalue weighted by atomic mass is 16.8. The minimum Gasteiger partial charge on any atom is -0.481 e. The molecule has 15 unspecified atom stereocenters. The second-order valence-electron chi connectivity index (χ2n) is 20.0. The van der Waals surface area contributed by atoms with Crippen LogP contribution in [0.25, 0.3) is 0 Å². The third-order valence-corrected chi connectivity index (χ3v) is 17.0. The molecular weight excluding hydrogens is 684 g/mol. The predicted molar refractivity (Wildman–Crippen MR) is 192 cm³/mol. The van der Waals surface area contributed by atoms with E-state index < -0.39 is 78.2 Å². The Morgan fingerprint density at radius 2 is 1.53 bits per heavy atom. The highest BCUT2D eigenvalue weighted by Gasteiger charge is 2.70. The van der Waals surface area contributed by atoms with Crippen LogP contribution in [0.4, 0.5) is 0 Å². The van der Waals surface area contributed by atoms with Crippen LogP contribution in [0.3, 0.4) is 0 Å². The molecule has 2 heterocycles. The number of ether oxygens (including phenoxy) is 4. The molecule has 302 valence electrons. The second kappa shape index (κ2) is 13.5. The third-order valence-electron chi connectivity index (χ3n) is 17.0. The Morgan fingerprint density at radius 1 is 0.830 bits per heavy atom. The fourth-order valence-corrected chi connectivity index (χ4v) is 13.3. The lowest BCUT2D eigenvalue weighted by Crippen LogP contribution is -2.67. The van der Waals surface area contributed by atoms with E-state index in [1.54, 1.807) is 0 Å². The van der Waals surface area contributed by atoms with Crippen LogP contribution in [0.15, 0.2) is 11.6 Å². The van der Waals surface area contributed by atoms with Crippen molar-refractivity contribution < 1.29 is 59.5 Å². The average Bonchev–Trinajstić information content (AvgIpc) is 3.10. The summed E-state index contributed by atoms with van der Waals surface area (Å²) in [5.41, 5.74) is -0.239. The van der Waals surface area contributed by atoms with Gasteiger partial charge in [0, 0.05) is 5.41 Å². The van der Waals surface area contributed by atoms with Crippen molar-refractivity contribution in [3.8, 4) is 0 Å². The van der Waals surface area contributed by atoms with Crippen molar-refractivity contribution >= 4 is 5.97 Å². The first-order chi connectivity index (χ1) is 24.7. The van der Waals surface area contributed by atoms with Gasteiger partial charge >= 0.3 is 5.97 Å². The molecule has 18 atom stereocenters. The molecule has 53 heavy (non-hydrogen) atoms. The Labute approximate surface area is 314 Å². The number of hydrogen-bond donors (Lipinski definition) is 7. The van der Waals surface area contributed by atoms with E-state index in [4.69, 9.17) is 18.9 Å². The Bertz CT molecular complexity index is 1440. The zero-order chi connectivity index (χ0) is 38.7. The van der Waals surface area contributed by atoms with E-state index in [-0.39, 0.29) is 46.7 Å². The van der Waals surface area contributed by atoms with Gasteiger partial charge in [0.15, 0.2) is 12.6 Å². The first kappa shape index (κ1) is 40.0. The lowest BCUT2D eigenvalue weighted by molar-refractivity contribution is -0.365. The lowest BCUT2D eigenvalue weighted by Gasteiger charge is -2.71. The van der Waals surface area contributed by atoms with Crippen molar-refractivity contribution in [2.75, 3.05) is 13.2 Å². The number of aliphatic carboxylic acids is 1. The number of carbonyl (C=O) groups is 1. The number of aliphatic hydroxyl groups is 6. The van der Waals surface area contributed by atoms with Crippen LogP contribution in [0.2, 0.25) is 0 Å². The Kier molecular flexibility index (Phi) is 10.2. The summed E-state index contributed by atoms with van der Waals surface area (Å²) in [4.78, 5) is 13.0. The van der Waals surface area contributed by atoms with Crippen LogP contribution in [0.5, 0.6) is 0 Å². The van der Waals surface area contributed by atoms with Gasteiger partial charge in [-0.2, -0.15) is 0 Å². The standard InChI is InChI=1S/C41H66O12/c1-21-28(44)30(46)31(47)33(51-21)53-32-29(45)24(43)19-50-34(32)52-27-11-12-37(4)25(38(27,5)20-42)10-13-40(7)26(37)9-8-22-23-18-36(2,3)14-16-41(23,35(48)49)17-15-39(22,40)6/h8,21,23-34,42-47H,9-20H2,1-7H3,(H,48,49)/t21-,23?,24?,25?,26?,27?,28?,29?,30?,31?,32?,33?,34?,37+,38-,39?,40?,41?/m0/s1. The van der Waals surface area contributed by atoms with Crippen molar-refractivity contribution in [2.45, 2.75) is 174 Å². The summed E-state index contributed by atoms with van der Waals surface area (Å²) in [6, 6.07) is 0. The number of carboxylic acid groups (broad SMARTS) is 1. The van der Waals surface area contributed by atoms with E-state index in [1.807, 2.05) is 0 Å². The van der Waals surface area contributed by atoms with Gasteiger partial charge in [-0.15, -0.1) is 0 Å². The van der Waals surface area contributed by atoms with Gasteiger partial charge in [0.25, 0.3) is 0 Å². The number of carboxylic acids is 1. The molecule has 2 saturated heterocycles. The summed E-state index contributed by atoms with van der Waals surface area (Å²) in [6.45, 7) is 15.1. The van der Waals surface area contributed by atoms with Crippen molar-refractivity contribution in [3.63, 3.8) is 0 Å². The highest BCUT2D eigenvalue weighted by Crippen LogP contribution is 2.76. The van der Waals surface area contributed by atoms with E-state index >= 15 is 0 Å². The normalized spacial score (nSPS) is 55.1. The van der Waals surface area contributed by atoms with Gasteiger partial charge in [-0.3, -0.25) is 4.79 Å². The Hall–Kier alpha value is -1.19. The molecule has 2 aliphatic heterocycles. The monoisotopic (exact) mass is 750 g/mol. The summed E-state index contributed by atoms with van der Waals surface area (Å²) < 4.78 is 24.3. The second-order valence-corrected chi connectivity index (χ2v) is 20.0. The van der Waals surface area contributed by atoms with Gasteiger partial charge in [0.05, 0.1) is 30.8 Å². The van der Waals surface area contributed by atoms with Crippen molar-refractivity contribution in [2.24, 2.45) is 50.2 Å². The fourth-order valence-electron chi connectivity index (χ4n) is 13.3. The predicted octanol–water partition coefficient (Wildman–Crippen LogP) is 3.52. The van der Waals surface area contributed by atoms with Crippen LogP contribution < -0.4 is 0 Å². The molecule has 12 nitrogen and oxygen atoms in total. The topological polar surface area (TPSA) is 196 Å². The SMILES string of the molecule is C[C@@H]1OC(OC2C(OC3CC[C@@]4(C)C5CC=C6C7CC(C)(C)CCC7(C(=O)O)CCC6(C)C5(C)CCC4[C@]3(C)CO)OCC(O)C2O)C(O)C(O)C1O. The smallest absolute Gasteiger partial charge is 0.310 e. The van der Waals surface area contributed by atoms with Gasteiger partial charge in [-0.1, -0.05) is 53.2 Å². The molecule has 12 heteroatoms. The van der Waals surface area contributed by atoms with E-state index in [9.17, 15) is 40.5 Å². The molecule has 7 aliphatic rings. The van der Waals surface area contributed by atoms with Crippen LogP contribution in [-0.2, 0) is 23.7 Å². The van der Waals surface area contributed by atoms with Gasteiger partial charge < -0.3 is 54.7 Å². The maximum absolute atomic E-state index is 13.0. The molecule has 0 aromatic rings. The number of allylic oxidation sites excluding steroid dienone is 2. The first-order valence-corrected chi connectivity index (χ1v) is 20.2. The number of rotatable bonds is 6. The van der Waals surface area contributed by atoms with Crippen LogP contribution in [-0.4, -0.2) is 116 Å². The highest BCUT2D eigenvalue weighted by molar-refractivity contribution is 5.76. The van der Waals surface area contributed by atoms with Gasteiger partial charge in [0.1, 0.15) is 36.6 Å². The maximum atomic E-state index is 13.0. The lowest BCUT2D eigenvalue weighted by atomic mass is 9.33. The summed E-state index contributed by atoms with van der Waals surface area (Å²) in [5.74, 6) is -0.194. The number of aliphatic hydroxyl groups excluding tert-OH is 6. The molecule has 0 radical (unpaired) electrons. The molecule has 4 saturated carbocycles. The van der Waals surface area contributed by atoms with Crippen molar-refractivity contribution in [3.05, 3.63) is 11.6 Å². The van der Waals surface area contributed by atoms with E-state index in [0.717, 1.165) is 51.4 Å². The number of hydrogen-bond acceptors (Lipinski definition) is 11. The fraction of sp³-hybridized carbons (Fsp3) is 0.927. The Morgan fingerprint density at radius 3 is 2.21 bits per heavy atom. The number of fused-ring (bicyclic) bond motifs is 7. The van der Waals surface area contributed by atoms with E-state index in [1.165, 1.54) is 12.5 Å². The van der Waals surface area contributed by atoms with E-state index in [0.29, 0.717) is 18.8 Å². The molecule has 0 amide bonds. The summed E-state index contributed by atoms with van der Waals surface area (Å²) in [5, 5.41) is 74.9. The van der Waals surface area contributed by atoms with Crippen molar-refractivity contribution in [1.29, 1.82) is 0 Å². The van der Waals surface area contributed by atoms with Gasteiger partial charge in [-0.05, 0) is 111 Å². The Balaban J connectivity index is 1.15. The molecule has 0 aromatic carbocycles. The largest absolute Gasteiger partial charge is 0.481 e. The quantitative estimate of drug-likeness (QED) is 0.155. The molecule has 7 rings (SSSR count). The maximum Gasteiger partial charge on any atom is 0.310 e. The van der Waals surface area contributed by atoms with E-state index in [2.05, 4.69) is 47.6 Å². The van der Waals surface area contributed by atoms with Crippen LogP contribution in [0.1, 0.15) is 113 Å². The van der Waals surface area contributed by atoms with Gasteiger partial charge in [-0.25, -0.2) is 0 Å². The molecule has 5 aliphatic carbocycles. The summed E-state index contributed by atoms with van der Waals surface area (Å²) in [6.07, 6.45) is -1.79. The molecular formula is C41H66O12. The molecule has 6 fully saturated rings. The summed E-state index contributed by atoms with van der Waals surface area (Å²) >= 11 is 0. The average molecular weight is 751 g/mol. The molecule has 0 spiro atoms.